The molecule has 0 saturated heterocycles. The zero-order valence-electron chi connectivity index (χ0n) is 8.95. The van der Waals surface area contributed by atoms with E-state index in [1.54, 1.807) is 7.11 Å². The van der Waals surface area contributed by atoms with E-state index in [0.717, 1.165) is 5.56 Å². The molecule has 1 amide bonds. The van der Waals surface area contributed by atoms with E-state index < -0.39 is 0 Å². The Morgan fingerprint density at radius 1 is 1.40 bits per heavy atom. The second kappa shape index (κ2) is 6.03. The number of hydrogen-bond acceptors (Lipinski definition) is 3. The second-order valence-corrected chi connectivity index (χ2v) is 2.95. The molecule has 1 aromatic rings. The average Bonchev–Trinajstić information content (AvgIpc) is 2.27. The predicted molar refractivity (Wildman–Crippen MR) is 56.5 cm³/mol. The smallest absolute Gasteiger partial charge is 0.248 e. The van der Waals surface area contributed by atoms with Crippen molar-refractivity contribution in [3.05, 3.63) is 29.8 Å². The lowest BCUT2D eigenvalue weighted by molar-refractivity contribution is -0.132. The molecule has 0 spiro atoms. The van der Waals surface area contributed by atoms with Crippen LogP contribution >= 0.6 is 0 Å². The molecule has 0 atom stereocenters. The SMILES string of the molecule is CCONC(=O)Cc1ccccc1OC. The third-order valence-corrected chi connectivity index (χ3v) is 1.87. The number of amides is 1. The van der Waals surface area contributed by atoms with E-state index >= 15 is 0 Å². The van der Waals surface area contributed by atoms with Crippen LogP contribution in [0.2, 0.25) is 0 Å². The topological polar surface area (TPSA) is 47.6 Å². The minimum absolute atomic E-state index is 0.179. The molecule has 4 heteroatoms. The van der Waals surface area contributed by atoms with Gasteiger partial charge < -0.3 is 4.74 Å². The Balaban J connectivity index is 2.59. The molecule has 0 unspecified atom stereocenters. The van der Waals surface area contributed by atoms with Crippen molar-refractivity contribution in [2.45, 2.75) is 13.3 Å². The van der Waals surface area contributed by atoms with Crippen LogP contribution < -0.4 is 10.2 Å². The summed E-state index contributed by atoms with van der Waals surface area (Å²) >= 11 is 0. The number of rotatable bonds is 5. The lowest BCUT2D eigenvalue weighted by Crippen LogP contribution is -2.25. The van der Waals surface area contributed by atoms with Crippen LogP contribution in [0.5, 0.6) is 5.75 Å². The van der Waals surface area contributed by atoms with Gasteiger partial charge >= 0.3 is 0 Å². The molecule has 15 heavy (non-hydrogen) atoms. The molecule has 1 rings (SSSR count). The number of para-hydroxylation sites is 1. The van der Waals surface area contributed by atoms with Gasteiger partial charge in [-0.1, -0.05) is 18.2 Å². The number of ether oxygens (including phenoxy) is 1. The zero-order valence-corrected chi connectivity index (χ0v) is 8.95. The molecule has 0 bridgehead atoms. The Kier molecular flexibility index (Phi) is 4.63. The van der Waals surface area contributed by atoms with Crippen LogP contribution in [-0.2, 0) is 16.1 Å². The van der Waals surface area contributed by atoms with E-state index in [2.05, 4.69) is 5.48 Å². The number of hydroxylamine groups is 1. The molecule has 4 nitrogen and oxygen atoms in total. The van der Waals surface area contributed by atoms with Crippen LogP contribution in [0.4, 0.5) is 0 Å². The number of carbonyl (C=O) groups excluding carboxylic acids is 1. The van der Waals surface area contributed by atoms with E-state index in [1.165, 1.54) is 0 Å². The molecule has 0 saturated carbocycles. The first-order valence-corrected chi connectivity index (χ1v) is 4.80. The fourth-order valence-corrected chi connectivity index (χ4v) is 1.21. The molecule has 0 heterocycles. The van der Waals surface area contributed by atoms with E-state index in [9.17, 15) is 4.79 Å². The minimum Gasteiger partial charge on any atom is -0.496 e. The number of nitrogens with one attached hydrogen (secondary N) is 1. The van der Waals surface area contributed by atoms with Gasteiger partial charge in [-0.05, 0) is 13.0 Å². The first-order chi connectivity index (χ1) is 7.27. The fourth-order valence-electron chi connectivity index (χ4n) is 1.21. The standard InChI is InChI=1S/C11H15NO3/c1-3-15-12-11(13)8-9-6-4-5-7-10(9)14-2/h4-7H,3,8H2,1-2H3,(H,12,13). The van der Waals surface area contributed by atoms with E-state index in [-0.39, 0.29) is 12.3 Å². The molecule has 1 N–H and O–H groups in total. The Bertz CT molecular complexity index is 325. The second-order valence-electron chi connectivity index (χ2n) is 2.95. The number of benzene rings is 1. The van der Waals surface area contributed by atoms with E-state index in [1.807, 2.05) is 31.2 Å². The summed E-state index contributed by atoms with van der Waals surface area (Å²) in [6, 6.07) is 7.41. The summed E-state index contributed by atoms with van der Waals surface area (Å²) in [4.78, 5) is 16.1. The Morgan fingerprint density at radius 3 is 2.80 bits per heavy atom. The molecule has 0 fully saturated rings. The van der Waals surface area contributed by atoms with Gasteiger partial charge in [-0.25, -0.2) is 5.48 Å². The zero-order chi connectivity index (χ0) is 11.1. The highest BCUT2D eigenvalue weighted by Gasteiger charge is 2.07. The van der Waals surface area contributed by atoms with Crippen LogP contribution in [0.3, 0.4) is 0 Å². The molecular formula is C11H15NO3. The molecule has 0 radical (unpaired) electrons. The first kappa shape index (κ1) is 11.5. The van der Waals surface area contributed by atoms with Gasteiger partial charge in [0.15, 0.2) is 0 Å². The highest BCUT2D eigenvalue weighted by molar-refractivity contribution is 5.78. The van der Waals surface area contributed by atoms with Gasteiger partial charge in [0.05, 0.1) is 20.1 Å². The largest absolute Gasteiger partial charge is 0.496 e. The van der Waals surface area contributed by atoms with E-state index in [0.29, 0.717) is 12.4 Å². The van der Waals surface area contributed by atoms with Crippen molar-refractivity contribution in [1.29, 1.82) is 0 Å². The highest BCUT2D eigenvalue weighted by Crippen LogP contribution is 2.17. The predicted octanol–water partition coefficient (Wildman–Crippen LogP) is 1.31. The average molecular weight is 209 g/mol. The van der Waals surface area contributed by atoms with Crippen molar-refractivity contribution in [3.63, 3.8) is 0 Å². The first-order valence-electron chi connectivity index (χ1n) is 4.80. The lowest BCUT2D eigenvalue weighted by Gasteiger charge is -2.07. The van der Waals surface area contributed by atoms with Crippen molar-refractivity contribution in [3.8, 4) is 5.75 Å². The van der Waals surface area contributed by atoms with Gasteiger partial charge in [0, 0.05) is 5.56 Å². The Hall–Kier alpha value is -1.55. The number of methoxy groups -OCH3 is 1. The summed E-state index contributed by atoms with van der Waals surface area (Å²) < 4.78 is 5.13. The number of hydrogen-bond donors (Lipinski definition) is 1. The fraction of sp³-hybridized carbons (Fsp3) is 0.364. The maximum atomic E-state index is 11.3. The summed E-state index contributed by atoms with van der Waals surface area (Å²) in [6.45, 7) is 2.26. The maximum absolute atomic E-state index is 11.3. The van der Waals surface area contributed by atoms with Crippen molar-refractivity contribution >= 4 is 5.91 Å². The van der Waals surface area contributed by atoms with Crippen molar-refractivity contribution in [1.82, 2.24) is 5.48 Å². The van der Waals surface area contributed by atoms with Gasteiger partial charge in [0.25, 0.3) is 0 Å². The van der Waals surface area contributed by atoms with Crippen LogP contribution in [0.1, 0.15) is 12.5 Å². The van der Waals surface area contributed by atoms with E-state index in [4.69, 9.17) is 9.57 Å². The molecular weight excluding hydrogens is 194 g/mol. The van der Waals surface area contributed by atoms with Crippen molar-refractivity contribution in [2.75, 3.05) is 13.7 Å². The van der Waals surface area contributed by atoms with Gasteiger partial charge in [-0.15, -0.1) is 0 Å². The summed E-state index contributed by atoms with van der Waals surface area (Å²) in [6.07, 6.45) is 0.254. The van der Waals surface area contributed by atoms with Crippen molar-refractivity contribution in [2.24, 2.45) is 0 Å². The van der Waals surface area contributed by atoms with Crippen LogP contribution in [0.15, 0.2) is 24.3 Å². The lowest BCUT2D eigenvalue weighted by atomic mass is 10.1. The normalized spacial score (nSPS) is 9.73. The molecule has 0 aromatic heterocycles. The van der Waals surface area contributed by atoms with Crippen LogP contribution in [-0.4, -0.2) is 19.6 Å². The van der Waals surface area contributed by atoms with Crippen LogP contribution in [0, 0.1) is 0 Å². The van der Waals surface area contributed by atoms with Gasteiger partial charge in [-0.3, -0.25) is 9.63 Å². The molecule has 0 aliphatic carbocycles. The molecule has 82 valence electrons. The number of carbonyl (C=O) groups is 1. The van der Waals surface area contributed by atoms with Crippen LogP contribution in [0.25, 0.3) is 0 Å². The Labute approximate surface area is 89.1 Å². The monoisotopic (exact) mass is 209 g/mol. The minimum atomic E-state index is -0.179. The third kappa shape index (κ3) is 3.59. The van der Waals surface area contributed by atoms with Gasteiger partial charge in [0.1, 0.15) is 5.75 Å². The molecule has 0 aliphatic rings. The summed E-state index contributed by atoms with van der Waals surface area (Å²) in [5, 5.41) is 0. The van der Waals surface area contributed by atoms with Gasteiger partial charge in [-0.2, -0.15) is 0 Å². The molecule has 1 aromatic carbocycles. The van der Waals surface area contributed by atoms with Gasteiger partial charge in [0.2, 0.25) is 5.91 Å². The highest BCUT2D eigenvalue weighted by atomic mass is 16.6. The third-order valence-electron chi connectivity index (χ3n) is 1.87. The van der Waals surface area contributed by atoms with Crippen molar-refractivity contribution < 1.29 is 14.4 Å². The summed E-state index contributed by atoms with van der Waals surface area (Å²) in [5.74, 6) is 0.533. The quantitative estimate of drug-likeness (QED) is 0.744. The Morgan fingerprint density at radius 2 is 2.13 bits per heavy atom. The molecule has 0 aliphatic heterocycles. The summed E-state index contributed by atoms with van der Waals surface area (Å²) in [5.41, 5.74) is 3.18. The maximum Gasteiger partial charge on any atom is 0.248 e. The summed E-state index contributed by atoms with van der Waals surface area (Å²) in [7, 11) is 1.58.